The van der Waals surface area contributed by atoms with Gasteiger partial charge in [0.15, 0.2) is 5.96 Å². The first-order chi connectivity index (χ1) is 11.3. The van der Waals surface area contributed by atoms with Crippen molar-refractivity contribution < 1.29 is 4.74 Å². The number of para-hydroxylation sites is 1. The van der Waals surface area contributed by atoms with Crippen LogP contribution in [0.3, 0.4) is 0 Å². The Morgan fingerprint density at radius 2 is 1.88 bits per heavy atom. The van der Waals surface area contributed by atoms with Gasteiger partial charge >= 0.3 is 0 Å². The fraction of sp³-hybridized carbons (Fsp3) is 0.294. The number of guanidine groups is 1. The van der Waals surface area contributed by atoms with Gasteiger partial charge in [-0.25, -0.2) is 0 Å². The van der Waals surface area contributed by atoms with E-state index in [9.17, 15) is 0 Å². The van der Waals surface area contributed by atoms with Crippen LogP contribution in [0.4, 0.5) is 0 Å². The van der Waals surface area contributed by atoms with Gasteiger partial charge in [-0.3, -0.25) is 9.98 Å². The molecular formula is C17H22ClIN4O. The van der Waals surface area contributed by atoms with E-state index in [-0.39, 0.29) is 24.0 Å². The van der Waals surface area contributed by atoms with Crippen molar-refractivity contribution in [3.63, 3.8) is 0 Å². The lowest BCUT2D eigenvalue weighted by Gasteiger charge is -2.12. The van der Waals surface area contributed by atoms with Crippen LogP contribution in [-0.2, 0) is 6.42 Å². The van der Waals surface area contributed by atoms with Crippen LogP contribution in [0.25, 0.3) is 0 Å². The minimum absolute atomic E-state index is 0. The predicted molar refractivity (Wildman–Crippen MR) is 110 cm³/mol. The number of nitrogens with zero attached hydrogens (tertiary/aromatic N) is 2. The number of pyridine rings is 1. The molecule has 2 aromatic rings. The van der Waals surface area contributed by atoms with Crippen molar-refractivity contribution in [2.45, 2.75) is 6.42 Å². The van der Waals surface area contributed by atoms with Gasteiger partial charge in [0, 0.05) is 31.9 Å². The lowest BCUT2D eigenvalue weighted by atomic mass is 10.3. The summed E-state index contributed by atoms with van der Waals surface area (Å²) < 4.78 is 5.62. The van der Waals surface area contributed by atoms with Crippen LogP contribution in [0.1, 0.15) is 5.69 Å². The smallest absolute Gasteiger partial charge is 0.191 e. The zero-order chi connectivity index (χ0) is 16.3. The third kappa shape index (κ3) is 7.35. The molecule has 0 fully saturated rings. The molecule has 0 bridgehead atoms. The predicted octanol–water partition coefficient (Wildman–Crippen LogP) is 3.14. The Bertz CT molecular complexity index is 625. The molecule has 1 aromatic heterocycles. The Hall–Kier alpha value is -1.54. The van der Waals surface area contributed by atoms with Crippen molar-refractivity contribution in [1.82, 2.24) is 15.6 Å². The molecule has 0 aliphatic heterocycles. The van der Waals surface area contributed by atoms with E-state index in [0.717, 1.165) is 24.6 Å². The fourth-order valence-corrected chi connectivity index (χ4v) is 2.16. The van der Waals surface area contributed by atoms with Crippen LogP contribution < -0.4 is 15.4 Å². The van der Waals surface area contributed by atoms with E-state index in [1.165, 1.54) is 0 Å². The van der Waals surface area contributed by atoms with Crippen LogP contribution >= 0.6 is 35.6 Å². The molecule has 0 aliphatic rings. The molecule has 2 rings (SSSR count). The van der Waals surface area contributed by atoms with E-state index >= 15 is 0 Å². The Morgan fingerprint density at radius 1 is 1.12 bits per heavy atom. The molecule has 0 unspecified atom stereocenters. The minimum atomic E-state index is 0. The lowest BCUT2D eigenvalue weighted by molar-refractivity contribution is 0.322. The summed E-state index contributed by atoms with van der Waals surface area (Å²) in [6, 6.07) is 13.3. The maximum atomic E-state index is 6.03. The SMILES string of the molecule is CN=C(NCCOc1ccccc1Cl)NCCc1ccccn1.I. The molecule has 0 radical (unpaired) electrons. The summed E-state index contributed by atoms with van der Waals surface area (Å²) in [5.74, 6) is 1.43. The molecule has 0 spiro atoms. The molecule has 0 atom stereocenters. The Balaban J connectivity index is 0.00000288. The highest BCUT2D eigenvalue weighted by molar-refractivity contribution is 14.0. The topological polar surface area (TPSA) is 58.5 Å². The molecule has 0 amide bonds. The van der Waals surface area contributed by atoms with Crippen LogP contribution in [0.15, 0.2) is 53.7 Å². The van der Waals surface area contributed by atoms with Crippen molar-refractivity contribution in [3.05, 3.63) is 59.4 Å². The summed E-state index contributed by atoms with van der Waals surface area (Å²) in [4.78, 5) is 8.46. The number of hydrogen-bond donors (Lipinski definition) is 2. The molecule has 0 saturated carbocycles. The first-order valence-corrected chi connectivity index (χ1v) is 7.89. The molecular weight excluding hydrogens is 439 g/mol. The molecule has 1 aromatic carbocycles. The third-order valence-corrected chi connectivity index (χ3v) is 3.42. The number of aliphatic imine (C=N–C) groups is 1. The highest BCUT2D eigenvalue weighted by atomic mass is 127. The number of ether oxygens (including phenoxy) is 1. The first kappa shape index (κ1) is 20.5. The summed E-state index contributed by atoms with van der Waals surface area (Å²) in [6.45, 7) is 1.90. The maximum Gasteiger partial charge on any atom is 0.191 e. The number of nitrogens with one attached hydrogen (secondary N) is 2. The van der Waals surface area contributed by atoms with Crippen molar-refractivity contribution in [2.24, 2.45) is 4.99 Å². The lowest BCUT2D eigenvalue weighted by Crippen LogP contribution is -2.40. The van der Waals surface area contributed by atoms with Crippen LogP contribution in [0, 0.1) is 0 Å². The molecule has 7 heteroatoms. The molecule has 2 N–H and O–H groups in total. The van der Waals surface area contributed by atoms with E-state index in [1.54, 1.807) is 13.2 Å². The number of benzene rings is 1. The monoisotopic (exact) mass is 460 g/mol. The van der Waals surface area contributed by atoms with Gasteiger partial charge in [0.05, 0.1) is 11.6 Å². The molecule has 24 heavy (non-hydrogen) atoms. The summed E-state index contributed by atoms with van der Waals surface area (Å²) in [7, 11) is 1.74. The highest BCUT2D eigenvalue weighted by Gasteiger charge is 2.01. The van der Waals surface area contributed by atoms with Crippen LogP contribution in [0.2, 0.25) is 5.02 Å². The zero-order valence-electron chi connectivity index (χ0n) is 13.5. The van der Waals surface area contributed by atoms with Gasteiger partial charge < -0.3 is 15.4 Å². The second-order valence-electron chi connectivity index (χ2n) is 4.78. The number of halogens is 2. The summed E-state index contributed by atoms with van der Waals surface area (Å²) in [5, 5.41) is 7.06. The van der Waals surface area contributed by atoms with Crippen molar-refractivity contribution in [3.8, 4) is 5.75 Å². The van der Waals surface area contributed by atoms with Crippen molar-refractivity contribution in [2.75, 3.05) is 26.7 Å². The van der Waals surface area contributed by atoms with Crippen molar-refractivity contribution >= 4 is 41.5 Å². The highest BCUT2D eigenvalue weighted by Crippen LogP contribution is 2.22. The normalized spacial score (nSPS) is 10.7. The Morgan fingerprint density at radius 3 is 2.58 bits per heavy atom. The van der Waals surface area contributed by atoms with Gasteiger partial charge in [0.2, 0.25) is 0 Å². The average Bonchev–Trinajstić information content (AvgIpc) is 2.59. The van der Waals surface area contributed by atoms with E-state index < -0.39 is 0 Å². The molecule has 0 aliphatic carbocycles. The quantitative estimate of drug-likeness (QED) is 0.288. The number of aromatic nitrogens is 1. The maximum absolute atomic E-state index is 6.03. The van der Waals surface area contributed by atoms with Gasteiger partial charge in [0.25, 0.3) is 0 Å². The van der Waals surface area contributed by atoms with Crippen LogP contribution in [-0.4, -0.2) is 37.7 Å². The first-order valence-electron chi connectivity index (χ1n) is 7.51. The summed E-state index contributed by atoms with van der Waals surface area (Å²) in [5.41, 5.74) is 1.05. The van der Waals surface area contributed by atoms with Crippen LogP contribution in [0.5, 0.6) is 5.75 Å². The van der Waals surface area contributed by atoms with E-state index in [4.69, 9.17) is 16.3 Å². The van der Waals surface area contributed by atoms with Gasteiger partial charge in [-0.1, -0.05) is 29.8 Å². The fourth-order valence-electron chi connectivity index (χ4n) is 1.97. The second kappa shape index (κ2) is 11.9. The Kier molecular flexibility index (Phi) is 10.2. The van der Waals surface area contributed by atoms with Gasteiger partial charge in [0.1, 0.15) is 12.4 Å². The standard InChI is InChI=1S/C17H21ClN4O.HI/c1-19-17(21-11-9-14-6-4-5-10-20-14)22-12-13-23-16-8-3-2-7-15(16)18;/h2-8,10H,9,11-13H2,1H3,(H2,19,21,22);1H. The zero-order valence-corrected chi connectivity index (χ0v) is 16.6. The molecule has 130 valence electrons. The third-order valence-electron chi connectivity index (χ3n) is 3.11. The molecule has 1 heterocycles. The van der Waals surface area contributed by atoms with Gasteiger partial charge in [-0.2, -0.15) is 0 Å². The number of rotatable bonds is 7. The van der Waals surface area contributed by atoms with Crippen molar-refractivity contribution in [1.29, 1.82) is 0 Å². The van der Waals surface area contributed by atoms with Gasteiger partial charge in [-0.05, 0) is 24.3 Å². The molecule has 0 saturated heterocycles. The second-order valence-corrected chi connectivity index (χ2v) is 5.18. The molecule has 5 nitrogen and oxygen atoms in total. The average molecular weight is 461 g/mol. The van der Waals surface area contributed by atoms with Gasteiger partial charge in [-0.15, -0.1) is 24.0 Å². The Labute approximate surface area is 164 Å². The largest absolute Gasteiger partial charge is 0.490 e. The number of hydrogen-bond acceptors (Lipinski definition) is 3. The van der Waals surface area contributed by atoms with E-state index in [1.807, 2.05) is 42.5 Å². The summed E-state index contributed by atoms with van der Waals surface area (Å²) >= 11 is 6.03. The summed E-state index contributed by atoms with van der Waals surface area (Å²) in [6.07, 6.45) is 2.64. The van der Waals surface area contributed by atoms with E-state index in [2.05, 4.69) is 20.6 Å². The van der Waals surface area contributed by atoms with E-state index in [0.29, 0.717) is 23.9 Å². The minimum Gasteiger partial charge on any atom is -0.490 e.